The van der Waals surface area contributed by atoms with Crippen molar-refractivity contribution in [2.24, 2.45) is 11.8 Å². The van der Waals surface area contributed by atoms with Gasteiger partial charge in [-0.3, -0.25) is 24.0 Å². The zero-order chi connectivity index (χ0) is 26.9. The number of aliphatic hydroxyl groups excluding tert-OH is 1. The Balaban J connectivity index is 3.03. The second-order valence-corrected chi connectivity index (χ2v) is 9.94. The summed E-state index contributed by atoms with van der Waals surface area (Å²) in [5, 5.41) is 27.2. The molecule has 1 aliphatic heterocycles. The molecule has 1 aliphatic rings. The van der Waals surface area contributed by atoms with E-state index in [1.165, 1.54) is 11.8 Å². The van der Waals surface area contributed by atoms with E-state index in [0.29, 0.717) is 25.8 Å². The molecule has 5 N–H and O–H groups in total. The van der Waals surface area contributed by atoms with Crippen LogP contribution in [0, 0.1) is 11.8 Å². The van der Waals surface area contributed by atoms with Gasteiger partial charge in [-0.1, -0.05) is 27.7 Å². The Kier molecular flexibility index (Phi) is 12.3. The quantitative estimate of drug-likeness (QED) is 0.224. The Morgan fingerprint density at radius 2 is 1.63 bits per heavy atom. The summed E-state index contributed by atoms with van der Waals surface area (Å²) in [4.78, 5) is 64.3. The van der Waals surface area contributed by atoms with Gasteiger partial charge >= 0.3 is 5.97 Å². The van der Waals surface area contributed by atoms with Crippen molar-refractivity contribution in [2.45, 2.75) is 97.0 Å². The average molecular weight is 499 g/mol. The number of likely N-dealkylation sites (N-methyl/N-ethyl adjacent to an activating group) is 1. The number of rotatable bonds is 14. The third-order valence-electron chi connectivity index (χ3n) is 6.13. The minimum Gasteiger partial charge on any atom is -0.481 e. The van der Waals surface area contributed by atoms with E-state index in [9.17, 15) is 29.1 Å². The maximum atomic E-state index is 13.1. The number of carbonyl (C=O) groups is 5. The minimum absolute atomic E-state index is 0.193. The number of carboxylic acids is 1. The van der Waals surface area contributed by atoms with Crippen LogP contribution >= 0.6 is 0 Å². The topological polar surface area (TPSA) is 165 Å². The average Bonchev–Trinajstić information content (AvgIpc) is 3.26. The van der Waals surface area contributed by atoms with Crippen LogP contribution in [0.4, 0.5) is 0 Å². The molecule has 0 radical (unpaired) electrons. The molecule has 0 spiro atoms. The first kappa shape index (κ1) is 30.5. The van der Waals surface area contributed by atoms with Crippen LogP contribution in [0.25, 0.3) is 0 Å². The van der Waals surface area contributed by atoms with E-state index in [2.05, 4.69) is 16.0 Å². The summed E-state index contributed by atoms with van der Waals surface area (Å²) in [6.45, 7) is 9.05. The van der Waals surface area contributed by atoms with E-state index < -0.39 is 54.0 Å². The maximum absolute atomic E-state index is 13.1. The molecule has 0 aliphatic carbocycles. The van der Waals surface area contributed by atoms with Crippen LogP contribution in [0.5, 0.6) is 0 Å². The maximum Gasteiger partial charge on any atom is 0.303 e. The molecule has 11 heteroatoms. The molecular weight excluding hydrogens is 456 g/mol. The Bertz CT molecular complexity index is 769. The number of nitrogens with one attached hydrogen (secondary N) is 3. The zero-order valence-corrected chi connectivity index (χ0v) is 21.7. The lowest BCUT2D eigenvalue weighted by Gasteiger charge is -2.30. The van der Waals surface area contributed by atoms with Gasteiger partial charge in [0, 0.05) is 18.9 Å². The summed E-state index contributed by atoms with van der Waals surface area (Å²) >= 11 is 0. The van der Waals surface area contributed by atoms with Crippen molar-refractivity contribution in [3.63, 3.8) is 0 Å². The number of carboxylic acid groups (broad SMARTS) is 1. The molecule has 0 aromatic heterocycles. The normalized spacial score (nSPS) is 19.2. The first-order valence-electron chi connectivity index (χ1n) is 12.3. The Morgan fingerprint density at radius 3 is 2.11 bits per heavy atom. The number of ketones is 1. The largest absolute Gasteiger partial charge is 0.481 e. The molecule has 0 aromatic carbocycles. The van der Waals surface area contributed by atoms with E-state index in [0.717, 1.165) is 0 Å². The Morgan fingerprint density at radius 1 is 1.00 bits per heavy atom. The van der Waals surface area contributed by atoms with Crippen LogP contribution in [-0.4, -0.2) is 88.5 Å². The standard InChI is InChI=1S/C24H42N4O7/c1-13(2)12-17(25-6)24(35)28-11-7-8-18(28)23(34)26-16(9-10-19(30)31)22(33)27-20(15(5)29)21(32)14(3)4/h13-18,20,25,29H,7-12H2,1-6H3,(H,26,34)(H,27,33)(H,30,31)/t15?,16-,17-,18-,20-/m0/s1. The number of hydrogen-bond donors (Lipinski definition) is 5. The molecule has 1 fully saturated rings. The van der Waals surface area contributed by atoms with Crippen molar-refractivity contribution >= 4 is 29.5 Å². The third-order valence-corrected chi connectivity index (χ3v) is 6.13. The third kappa shape index (κ3) is 9.21. The van der Waals surface area contributed by atoms with Crippen LogP contribution < -0.4 is 16.0 Å². The monoisotopic (exact) mass is 498 g/mol. The number of nitrogens with zero attached hydrogens (tertiary/aromatic N) is 1. The van der Waals surface area contributed by atoms with Gasteiger partial charge in [-0.15, -0.1) is 0 Å². The summed E-state index contributed by atoms with van der Waals surface area (Å²) in [7, 11) is 1.69. The van der Waals surface area contributed by atoms with E-state index in [1.54, 1.807) is 20.9 Å². The van der Waals surface area contributed by atoms with Gasteiger partial charge in [0.15, 0.2) is 5.78 Å². The molecule has 5 atom stereocenters. The first-order chi connectivity index (χ1) is 16.3. The highest BCUT2D eigenvalue weighted by molar-refractivity contribution is 5.96. The zero-order valence-electron chi connectivity index (χ0n) is 21.7. The lowest BCUT2D eigenvalue weighted by atomic mass is 9.97. The second-order valence-electron chi connectivity index (χ2n) is 9.94. The molecule has 1 saturated heterocycles. The Hall–Kier alpha value is -2.53. The van der Waals surface area contributed by atoms with E-state index in [1.807, 2.05) is 13.8 Å². The van der Waals surface area contributed by atoms with Crippen LogP contribution in [0.2, 0.25) is 0 Å². The second kappa shape index (κ2) is 14.1. The van der Waals surface area contributed by atoms with Gasteiger partial charge in [0.25, 0.3) is 0 Å². The smallest absolute Gasteiger partial charge is 0.303 e. The van der Waals surface area contributed by atoms with Crippen molar-refractivity contribution < 1.29 is 34.2 Å². The SMILES string of the molecule is CN[C@@H](CC(C)C)C(=O)N1CCC[C@H]1C(=O)N[C@@H](CCC(=O)O)C(=O)N[C@H](C(=O)C(C)C)C(C)O. The molecule has 3 amide bonds. The molecule has 0 aromatic rings. The predicted octanol–water partition coefficient (Wildman–Crippen LogP) is 0.0518. The van der Waals surface area contributed by atoms with Gasteiger partial charge in [-0.05, 0) is 45.6 Å². The fourth-order valence-corrected chi connectivity index (χ4v) is 4.16. The summed E-state index contributed by atoms with van der Waals surface area (Å²) in [5.41, 5.74) is 0. The van der Waals surface area contributed by atoms with Crippen molar-refractivity contribution in [2.75, 3.05) is 13.6 Å². The molecule has 200 valence electrons. The molecule has 0 bridgehead atoms. The number of amides is 3. The van der Waals surface area contributed by atoms with Crippen molar-refractivity contribution in [3.05, 3.63) is 0 Å². The predicted molar refractivity (Wildman–Crippen MR) is 129 cm³/mol. The van der Waals surface area contributed by atoms with E-state index >= 15 is 0 Å². The molecular formula is C24H42N4O7. The molecule has 35 heavy (non-hydrogen) atoms. The highest BCUT2D eigenvalue weighted by Gasteiger charge is 2.39. The van der Waals surface area contributed by atoms with Crippen LogP contribution in [0.3, 0.4) is 0 Å². The number of aliphatic hydroxyl groups is 1. The van der Waals surface area contributed by atoms with Gasteiger partial charge in [-0.25, -0.2) is 0 Å². The number of likely N-dealkylation sites (tertiary alicyclic amines) is 1. The van der Waals surface area contributed by atoms with Gasteiger partial charge in [-0.2, -0.15) is 0 Å². The van der Waals surface area contributed by atoms with E-state index in [4.69, 9.17) is 5.11 Å². The highest BCUT2D eigenvalue weighted by Crippen LogP contribution is 2.21. The number of aliphatic carboxylic acids is 1. The lowest BCUT2D eigenvalue weighted by Crippen LogP contribution is -2.58. The van der Waals surface area contributed by atoms with Gasteiger partial charge < -0.3 is 31.1 Å². The lowest BCUT2D eigenvalue weighted by molar-refractivity contribution is -0.142. The van der Waals surface area contributed by atoms with Gasteiger partial charge in [0.05, 0.1) is 12.1 Å². The number of Topliss-reactive ketones (excluding diaryl/α,β-unsaturated/α-hetero) is 1. The summed E-state index contributed by atoms with van der Waals surface area (Å²) in [5.74, 6) is -3.22. The summed E-state index contributed by atoms with van der Waals surface area (Å²) < 4.78 is 0. The molecule has 0 saturated carbocycles. The van der Waals surface area contributed by atoms with Crippen LogP contribution in [0.1, 0.15) is 66.7 Å². The molecule has 1 heterocycles. The van der Waals surface area contributed by atoms with Gasteiger partial charge in [0.2, 0.25) is 17.7 Å². The fraction of sp³-hybridized carbons (Fsp3) is 0.792. The molecule has 1 rings (SSSR count). The van der Waals surface area contributed by atoms with Gasteiger partial charge in [0.1, 0.15) is 18.1 Å². The summed E-state index contributed by atoms with van der Waals surface area (Å²) in [6.07, 6.45) is -0.116. The fourth-order valence-electron chi connectivity index (χ4n) is 4.16. The molecule has 11 nitrogen and oxygen atoms in total. The Labute approximate surface area is 207 Å². The van der Waals surface area contributed by atoms with Crippen LogP contribution in [-0.2, 0) is 24.0 Å². The first-order valence-corrected chi connectivity index (χ1v) is 12.3. The molecule has 1 unspecified atom stereocenters. The minimum atomic E-state index is -1.24. The highest BCUT2D eigenvalue weighted by atomic mass is 16.4. The summed E-state index contributed by atoms with van der Waals surface area (Å²) in [6, 6.07) is -3.66. The van der Waals surface area contributed by atoms with Crippen LogP contribution in [0.15, 0.2) is 0 Å². The number of hydrogen-bond acceptors (Lipinski definition) is 7. The van der Waals surface area contributed by atoms with Crippen molar-refractivity contribution in [3.8, 4) is 0 Å². The van der Waals surface area contributed by atoms with Crippen molar-refractivity contribution in [1.82, 2.24) is 20.9 Å². The number of carbonyl (C=O) groups excluding carboxylic acids is 4. The van der Waals surface area contributed by atoms with Crippen molar-refractivity contribution in [1.29, 1.82) is 0 Å². The van der Waals surface area contributed by atoms with E-state index in [-0.39, 0.29) is 30.4 Å².